The molecule has 0 unspecified atom stereocenters. The predicted molar refractivity (Wildman–Crippen MR) is 258 cm³/mol. The van der Waals surface area contributed by atoms with Gasteiger partial charge < -0.3 is 4.42 Å². The Morgan fingerprint density at radius 1 is 0.571 bits per heavy atom. The number of pyridine rings is 3. The van der Waals surface area contributed by atoms with E-state index in [4.69, 9.17) is 22.6 Å². The predicted octanol–water partition coefficient (Wildman–Crippen LogP) is 14.1. The van der Waals surface area contributed by atoms with Crippen LogP contribution in [0, 0.1) is 25.0 Å². The molecule has 0 bridgehead atoms. The van der Waals surface area contributed by atoms with Crippen molar-refractivity contribution in [2.45, 2.75) is 77.8 Å². The molecule has 0 aliphatic rings. The van der Waals surface area contributed by atoms with Gasteiger partial charge in [-0.2, -0.15) is 5.26 Å². The van der Waals surface area contributed by atoms with Crippen molar-refractivity contribution < 1.29 is 18.1 Å². The highest BCUT2D eigenvalue weighted by atomic mass is 16.3. The van der Waals surface area contributed by atoms with Gasteiger partial charge in [-0.15, -0.1) is 0 Å². The summed E-state index contributed by atoms with van der Waals surface area (Å²) in [7, 11) is 0. The lowest BCUT2D eigenvalue weighted by Gasteiger charge is -2.28. The van der Waals surface area contributed by atoms with Crippen molar-refractivity contribution in [3.63, 3.8) is 0 Å². The first kappa shape index (κ1) is 30.8. The summed E-state index contributed by atoms with van der Waals surface area (Å²) in [5, 5.41) is 10.7. The Balaban J connectivity index is 1.12. The van der Waals surface area contributed by atoms with Crippen molar-refractivity contribution in [3.8, 4) is 39.8 Å². The van der Waals surface area contributed by atoms with Crippen LogP contribution in [0.4, 0.5) is 0 Å². The fourth-order valence-electron chi connectivity index (χ4n) is 8.41. The minimum Gasteiger partial charge on any atom is -0.455 e. The molecule has 63 heavy (non-hydrogen) atoms. The molecule has 5 nitrogen and oxygen atoms in total. The second kappa shape index (κ2) is 17.0. The molecule has 5 aromatic carbocycles. The molecule has 0 atom stereocenters. The first-order chi connectivity index (χ1) is 34.4. The Morgan fingerprint density at radius 2 is 1.16 bits per heavy atom. The number of benzene rings is 5. The van der Waals surface area contributed by atoms with Crippen molar-refractivity contribution in [2.75, 3.05) is 0 Å². The Hall–Kier alpha value is -7.16. The number of nitrogens with zero attached hydrogens (tertiary/aromatic N) is 4. The van der Waals surface area contributed by atoms with E-state index in [2.05, 4.69) is 32.7 Å². The SMILES string of the molecule is [2H]C([2H])([2H])c1cc(-c2cccc3c2oc2c(C([2H])([2H])[2H])c(C#N)ccc23)ncc1C([2H])([2H])C([2H])([2H])c1cc(CC(C)(C)c2ccc(-c3ccccc3)nc2)cc(CC(C)(C)c2ccc(-c3ccccc3)nc2)c1. The van der Waals surface area contributed by atoms with Crippen LogP contribution in [0.2, 0.25) is 0 Å². The molecule has 0 amide bonds. The third-order valence-corrected chi connectivity index (χ3v) is 11.9. The Morgan fingerprint density at radius 3 is 1.71 bits per heavy atom. The van der Waals surface area contributed by atoms with E-state index in [-0.39, 0.29) is 33.6 Å². The van der Waals surface area contributed by atoms with Gasteiger partial charge >= 0.3 is 0 Å². The molecule has 0 aliphatic heterocycles. The fraction of sp³-hybridized carbons (Fsp3) is 0.207. The number of fused-ring (bicyclic) bond motifs is 3. The molecular formula is C58H52N4O. The average molecular weight is 831 g/mol. The topological polar surface area (TPSA) is 75.6 Å². The molecule has 0 saturated heterocycles. The van der Waals surface area contributed by atoms with Gasteiger partial charge in [-0.05, 0) is 125 Å². The standard InChI is InChI=1S/C58H52N4O/c1-38-28-54(51-19-13-18-49-50-25-22-45(34-59)39(2)55(50)63-56(49)51)60-35-46(38)21-20-40-29-41(32-57(3,4)47-23-26-52(61-36-47)43-14-9-7-10-15-43)31-42(30-40)33-58(5,6)48-24-27-53(62-37-48)44-16-11-8-12-17-44/h7-19,22-31,35-37H,20-21,32-33H2,1-6H3/i1D3,2D3,20D2,21D2. The van der Waals surface area contributed by atoms with Gasteiger partial charge in [-0.3, -0.25) is 15.0 Å². The third-order valence-electron chi connectivity index (χ3n) is 11.9. The summed E-state index contributed by atoms with van der Waals surface area (Å²) in [6, 6.07) is 44.5. The third kappa shape index (κ3) is 8.55. The average Bonchev–Trinajstić information content (AvgIpc) is 3.74. The molecule has 0 spiro atoms. The zero-order valence-corrected chi connectivity index (χ0v) is 35.6. The smallest absolute Gasteiger partial charge is 0.144 e. The maximum atomic E-state index is 9.79. The van der Waals surface area contributed by atoms with Crippen LogP contribution in [0.25, 0.3) is 55.7 Å². The maximum Gasteiger partial charge on any atom is 0.144 e. The van der Waals surface area contributed by atoms with E-state index in [0.29, 0.717) is 29.2 Å². The van der Waals surface area contributed by atoms with Gasteiger partial charge in [0, 0.05) is 65.3 Å². The van der Waals surface area contributed by atoms with E-state index in [1.165, 1.54) is 12.1 Å². The molecule has 0 fully saturated rings. The molecule has 0 saturated carbocycles. The van der Waals surface area contributed by atoms with Crippen LogP contribution in [-0.4, -0.2) is 15.0 Å². The first-order valence-corrected chi connectivity index (χ1v) is 21.0. The fourth-order valence-corrected chi connectivity index (χ4v) is 8.41. The molecule has 5 heteroatoms. The van der Waals surface area contributed by atoms with Crippen LogP contribution >= 0.6 is 0 Å². The van der Waals surface area contributed by atoms with E-state index in [9.17, 15) is 10.7 Å². The lowest BCUT2D eigenvalue weighted by atomic mass is 9.77. The summed E-state index contributed by atoms with van der Waals surface area (Å²) in [5.74, 6) is 0. The lowest BCUT2D eigenvalue weighted by Crippen LogP contribution is -2.23. The maximum absolute atomic E-state index is 9.79. The minimum atomic E-state index is -2.97. The number of furan rings is 1. The van der Waals surface area contributed by atoms with Gasteiger partial charge in [-0.25, -0.2) is 0 Å². The molecule has 4 heterocycles. The van der Waals surface area contributed by atoms with E-state index in [0.717, 1.165) is 51.0 Å². The second-order valence-corrected chi connectivity index (χ2v) is 17.4. The largest absolute Gasteiger partial charge is 0.455 e. The van der Waals surface area contributed by atoms with E-state index in [1.807, 2.05) is 109 Å². The van der Waals surface area contributed by atoms with Crippen LogP contribution in [0.3, 0.4) is 0 Å². The van der Waals surface area contributed by atoms with Gasteiger partial charge in [0.15, 0.2) is 0 Å². The summed E-state index contributed by atoms with van der Waals surface area (Å²) in [6.07, 6.45) is -0.123. The Kier molecular flexibility index (Phi) is 8.29. The lowest BCUT2D eigenvalue weighted by molar-refractivity contribution is 0.512. The number of hydrogen-bond acceptors (Lipinski definition) is 5. The quantitative estimate of drug-likeness (QED) is 0.123. The van der Waals surface area contributed by atoms with Crippen molar-refractivity contribution in [2.24, 2.45) is 0 Å². The summed E-state index contributed by atoms with van der Waals surface area (Å²) in [4.78, 5) is 14.2. The van der Waals surface area contributed by atoms with Gasteiger partial charge in [0.1, 0.15) is 11.2 Å². The van der Waals surface area contributed by atoms with Crippen LogP contribution in [0.15, 0.2) is 163 Å². The summed E-state index contributed by atoms with van der Waals surface area (Å²) in [6.45, 7) is 2.73. The first-order valence-electron chi connectivity index (χ1n) is 26.0. The Labute approximate surface area is 385 Å². The van der Waals surface area contributed by atoms with Crippen LogP contribution in [0.5, 0.6) is 0 Å². The number of para-hydroxylation sites is 1. The molecule has 9 aromatic rings. The second-order valence-electron chi connectivity index (χ2n) is 17.4. The van der Waals surface area contributed by atoms with Crippen molar-refractivity contribution >= 4 is 21.9 Å². The molecule has 4 aromatic heterocycles. The molecule has 0 radical (unpaired) electrons. The van der Waals surface area contributed by atoms with E-state index < -0.39 is 48.4 Å². The van der Waals surface area contributed by atoms with Crippen LogP contribution < -0.4 is 0 Å². The van der Waals surface area contributed by atoms with E-state index in [1.54, 1.807) is 36.4 Å². The molecule has 0 N–H and O–H groups in total. The summed E-state index contributed by atoms with van der Waals surface area (Å²) < 4.78 is 95.8. The minimum absolute atomic E-state index is 0.0117. The number of nitriles is 1. The molecule has 9 rings (SSSR count). The zero-order chi connectivity index (χ0) is 52.3. The molecule has 310 valence electrons. The van der Waals surface area contributed by atoms with Gasteiger partial charge in [0.25, 0.3) is 0 Å². The number of aryl methyl sites for hydroxylation is 4. The Bertz CT molecular complexity index is 3430. The van der Waals surface area contributed by atoms with Crippen LogP contribution in [0.1, 0.15) is 91.5 Å². The number of rotatable bonds is 12. The highest BCUT2D eigenvalue weighted by Gasteiger charge is 2.26. The monoisotopic (exact) mass is 830 g/mol. The molecular weight excluding hydrogens is 769 g/mol. The van der Waals surface area contributed by atoms with Crippen molar-refractivity contribution in [1.82, 2.24) is 15.0 Å². The number of hydrogen-bond donors (Lipinski definition) is 0. The zero-order valence-electron chi connectivity index (χ0n) is 45.6. The normalized spacial score (nSPS) is 15.1. The molecule has 0 aliphatic carbocycles. The highest BCUT2D eigenvalue weighted by molar-refractivity contribution is 6.10. The van der Waals surface area contributed by atoms with Crippen molar-refractivity contribution in [1.29, 1.82) is 5.26 Å². The van der Waals surface area contributed by atoms with Gasteiger partial charge in [-0.1, -0.05) is 131 Å². The summed E-state index contributed by atoms with van der Waals surface area (Å²) in [5.41, 5.74) is 5.39. The van der Waals surface area contributed by atoms with Gasteiger partial charge in [0.2, 0.25) is 0 Å². The van der Waals surface area contributed by atoms with Gasteiger partial charge in [0.05, 0.1) is 28.7 Å². The van der Waals surface area contributed by atoms with E-state index >= 15 is 0 Å². The highest BCUT2D eigenvalue weighted by Crippen LogP contribution is 2.38. The number of aromatic nitrogens is 3. The van der Waals surface area contributed by atoms with Crippen molar-refractivity contribution in [3.05, 3.63) is 208 Å². The summed E-state index contributed by atoms with van der Waals surface area (Å²) >= 11 is 0. The van der Waals surface area contributed by atoms with Crippen LogP contribution in [-0.2, 0) is 36.4 Å².